The highest BCUT2D eigenvalue weighted by molar-refractivity contribution is 6.02. The molecule has 4 rings (SSSR count). The molecule has 1 amide bonds. The lowest BCUT2D eigenvalue weighted by Gasteiger charge is -2.24. The monoisotopic (exact) mass is 288 g/mol. The second-order valence-corrected chi connectivity index (χ2v) is 6.71. The number of phenolic OH excluding ortho intramolecular Hbond substituents is 1. The molecular weight excluding hydrogens is 268 g/mol. The number of carbonyl (C=O) groups excluding carboxylic acids is 1. The van der Waals surface area contributed by atoms with E-state index in [-0.39, 0.29) is 17.7 Å². The van der Waals surface area contributed by atoms with E-state index in [1.54, 1.807) is 12.1 Å². The SMILES string of the molecule is COc1cc2c(cc1O)N(C)CC1CC3(CC3)CN1C2=O. The molecule has 0 radical (unpaired) electrons. The summed E-state index contributed by atoms with van der Waals surface area (Å²) in [6, 6.07) is 3.59. The quantitative estimate of drug-likeness (QED) is 0.857. The summed E-state index contributed by atoms with van der Waals surface area (Å²) in [4.78, 5) is 17.0. The minimum Gasteiger partial charge on any atom is -0.504 e. The van der Waals surface area contributed by atoms with Gasteiger partial charge in [-0.3, -0.25) is 4.79 Å². The van der Waals surface area contributed by atoms with Gasteiger partial charge in [-0.05, 0) is 30.7 Å². The maximum atomic E-state index is 12.9. The molecule has 1 saturated carbocycles. The molecule has 2 aliphatic heterocycles. The van der Waals surface area contributed by atoms with Gasteiger partial charge in [0.1, 0.15) is 0 Å². The number of phenols is 1. The van der Waals surface area contributed by atoms with Crippen molar-refractivity contribution >= 4 is 11.6 Å². The lowest BCUT2D eigenvalue weighted by Crippen LogP contribution is -2.38. The number of methoxy groups -OCH3 is 1. The third-order valence-electron chi connectivity index (χ3n) is 5.26. The minimum atomic E-state index is 0.0708. The van der Waals surface area contributed by atoms with Gasteiger partial charge in [0.15, 0.2) is 11.5 Å². The highest BCUT2D eigenvalue weighted by atomic mass is 16.5. The maximum Gasteiger partial charge on any atom is 0.256 e. The average molecular weight is 288 g/mol. The number of hydrogen-bond acceptors (Lipinski definition) is 4. The van der Waals surface area contributed by atoms with Gasteiger partial charge in [0.2, 0.25) is 0 Å². The van der Waals surface area contributed by atoms with Crippen LogP contribution in [-0.4, -0.2) is 49.2 Å². The van der Waals surface area contributed by atoms with Gasteiger partial charge in [-0.15, -0.1) is 0 Å². The second-order valence-electron chi connectivity index (χ2n) is 6.71. The molecule has 1 N–H and O–H groups in total. The summed E-state index contributed by atoms with van der Waals surface area (Å²) in [5.74, 6) is 0.507. The van der Waals surface area contributed by atoms with Crippen LogP contribution < -0.4 is 9.64 Å². The van der Waals surface area contributed by atoms with Gasteiger partial charge in [-0.1, -0.05) is 0 Å². The molecule has 0 aromatic heterocycles. The van der Waals surface area contributed by atoms with E-state index in [2.05, 4.69) is 4.90 Å². The lowest BCUT2D eigenvalue weighted by atomic mass is 10.0. The van der Waals surface area contributed by atoms with Crippen LogP contribution in [0.2, 0.25) is 0 Å². The fourth-order valence-corrected chi connectivity index (χ4v) is 3.88. The molecule has 1 aromatic rings. The molecule has 3 aliphatic rings. The summed E-state index contributed by atoms with van der Waals surface area (Å²) in [7, 11) is 3.49. The van der Waals surface area contributed by atoms with Gasteiger partial charge in [0.25, 0.3) is 5.91 Å². The van der Waals surface area contributed by atoms with E-state index in [1.807, 2.05) is 11.9 Å². The van der Waals surface area contributed by atoms with Crippen LogP contribution in [0.25, 0.3) is 0 Å². The van der Waals surface area contributed by atoms with E-state index in [0.29, 0.717) is 16.7 Å². The van der Waals surface area contributed by atoms with Gasteiger partial charge in [0, 0.05) is 26.2 Å². The normalized spacial score (nSPS) is 25.6. The van der Waals surface area contributed by atoms with E-state index in [4.69, 9.17) is 4.74 Å². The number of benzene rings is 1. The first-order valence-electron chi connectivity index (χ1n) is 7.46. The van der Waals surface area contributed by atoms with E-state index in [0.717, 1.165) is 25.2 Å². The van der Waals surface area contributed by atoms with Gasteiger partial charge >= 0.3 is 0 Å². The van der Waals surface area contributed by atoms with Crippen molar-refractivity contribution < 1.29 is 14.6 Å². The van der Waals surface area contributed by atoms with E-state index < -0.39 is 0 Å². The largest absolute Gasteiger partial charge is 0.504 e. The Morgan fingerprint density at radius 2 is 2.14 bits per heavy atom. The van der Waals surface area contributed by atoms with Crippen LogP contribution in [0.3, 0.4) is 0 Å². The van der Waals surface area contributed by atoms with Crippen LogP contribution in [0.4, 0.5) is 5.69 Å². The lowest BCUT2D eigenvalue weighted by molar-refractivity contribution is 0.0742. The zero-order valence-electron chi connectivity index (χ0n) is 12.4. The molecule has 2 fully saturated rings. The molecule has 2 heterocycles. The molecule has 1 spiro atoms. The van der Waals surface area contributed by atoms with Crippen LogP contribution in [0.1, 0.15) is 29.6 Å². The number of hydrogen-bond donors (Lipinski definition) is 1. The van der Waals surface area contributed by atoms with Gasteiger partial charge < -0.3 is 19.6 Å². The van der Waals surface area contributed by atoms with Gasteiger partial charge in [-0.25, -0.2) is 0 Å². The van der Waals surface area contributed by atoms with E-state index in [9.17, 15) is 9.90 Å². The summed E-state index contributed by atoms with van der Waals surface area (Å²) in [5.41, 5.74) is 1.82. The molecule has 1 saturated heterocycles. The molecule has 1 atom stereocenters. The third kappa shape index (κ3) is 1.79. The Hall–Kier alpha value is -1.91. The topological polar surface area (TPSA) is 53.0 Å². The summed E-state index contributed by atoms with van der Waals surface area (Å²) in [5, 5.41) is 9.98. The molecule has 5 heteroatoms. The van der Waals surface area contributed by atoms with Crippen LogP contribution >= 0.6 is 0 Å². The molecular formula is C16H20N2O3. The Morgan fingerprint density at radius 3 is 2.81 bits per heavy atom. The van der Waals surface area contributed by atoms with Gasteiger partial charge in [-0.2, -0.15) is 0 Å². The Kier molecular flexibility index (Phi) is 2.47. The first kappa shape index (κ1) is 12.8. The summed E-state index contributed by atoms with van der Waals surface area (Å²) in [6.07, 6.45) is 3.62. The number of anilines is 1. The van der Waals surface area contributed by atoms with Crippen molar-refractivity contribution in [2.24, 2.45) is 5.41 Å². The fourth-order valence-electron chi connectivity index (χ4n) is 3.88. The molecule has 1 aromatic carbocycles. The van der Waals surface area contributed by atoms with Crippen molar-refractivity contribution in [3.05, 3.63) is 17.7 Å². The van der Waals surface area contributed by atoms with Crippen molar-refractivity contribution in [1.82, 2.24) is 4.90 Å². The molecule has 112 valence electrons. The standard InChI is InChI=1S/C16H20N2O3/c1-17-8-10-7-16(3-4-16)9-18(10)15(20)11-5-14(21-2)13(19)6-12(11)17/h5-6,10,19H,3-4,7-9H2,1-2H3. The average Bonchev–Trinajstić information content (AvgIpc) is 3.13. The predicted molar refractivity (Wildman–Crippen MR) is 79.0 cm³/mol. The van der Waals surface area contributed by atoms with E-state index in [1.165, 1.54) is 20.0 Å². The summed E-state index contributed by atoms with van der Waals surface area (Å²) < 4.78 is 5.16. The maximum absolute atomic E-state index is 12.9. The first-order valence-corrected chi connectivity index (χ1v) is 7.46. The Balaban J connectivity index is 1.79. The molecule has 5 nitrogen and oxygen atoms in total. The van der Waals surface area contributed by atoms with Crippen molar-refractivity contribution in [1.29, 1.82) is 0 Å². The number of aromatic hydroxyl groups is 1. The van der Waals surface area contributed by atoms with Crippen molar-refractivity contribution in [3.8, 4) is 11.5 Å². The number of likely N-dealkylation sites (N-methyl/N-ethyl adjacent to an activating group) is 1. The number of rotatable bonds is 1. The first-order chi connectivity index (χ1) is 10.0. The van der Waals surface area contributed by atoms with E-state index >= 15 is 0 Å². The number of fused-ring (bicyclic) bond motifs is 2. The zero-order chi connectivity index (χ0) is 14.8. The van der Waals surface area contributed by atoms with Crippen molar-refractivity contribution in [2.45, 2.75) is 25.3 Å². The summed E-state index contributed by atoms with van der Waals surface area (Å²) >= 11 is 0. The van der Waals surface area contributed by atoms with Crippen molar-refractivity contribution in [3.63, 3.8) is 0 Å². The summed E-state index contributed by atoms with van der Waals surface area (Å²) in [6.45, 7) is 1.71. The highest BCUT2D eigenvalue weighted by Crippen LogP contribution is 2.55. The van der Waals surface area contributed by atoms with Crippen LogP contribution in [0, 0.1) is 5.41 Å². The molecule has 1 aliphatic carbocycles. The third-order valence-corrected chi connectivity index (χ3v) is 5.26. The number of nitrogens with zero attached hydrogens (tertiary/aromatic N) is 2. The number of ether oxygens (including phenoxy) is 1. The van der Waals surface area contributed by atoms with Crippen LogP contribution in [0.15, 0.2) is 12.1 Å². The molecule has 1 unspecified atom stereocenters. The predicted octanol–water partition coefficient (Wildman–Crippen LogP) is 1.85. The Labute approximate surface area is 124 Å². The van der Waals surface area contributed by atoms with Crippen LogP contribution in [0.5, 0.6) is 11.5 Å². The fraction of sp³-hybridized carbons (Fsp3) is 0.562. The number of carbonyl (C=O) groups is 1. The highest BCUT2D eigenvalue weighted by Gasteiger charge is 2.54. The Bertz CT molecular complexity index is 624. The molecule has 0 bridgehead atoms. The Morgan fingerprint density at radius 1 is 1.38 bits per heavy atom. The zero-order valence-corrected chi connectivity index (χ0v) is 12.4. The second kappa shape index (κ2) is 4.06. The van der Waals surface area contributed by atoms with Crippen LogP contribution in [-0.2, 0) is 0 Å². The minimum absolute atomic E-state index is 0.0708. The van der Waals surface area contributed by atoms with Gasteiger partial charge in [0.05, 0.1) is 24.4 Å². The van der Waals surface area contributed by atoms with Crippen molar-refractivity contribution in [2.75, 3.05) is 32.1 Å². The number of amides is 1. The molecule has 21 heavy (non-hydrogen) atoms. The smallest absolute Gasteiger partial charge is 0.256 e.